The van der Waals surface area contributed by atoms with Crippen molar-refractivity contribution in [2.24, 2.45) is 17.0 Å². The van der Waals surface area contributed by atoms with E-state index in [1.54, 1.807) is 18.2 Å². The van der Waals surface area contributed by atoms with Gasteiger partial charge in [-0.3, -0.25) is 4.79 Å². The predicted molar refractivity (Wildman–Crippen MR) is 139 cm³/mol. The number of phenolic OH excluding ortho intramolecular Hbond substituents is 1. The Morgan fingerprint density at radius 2 is 1.79 bits per heavy atom. The number of nitrogens with zero attached hydrogens (tertiary/aromatic N) is 2. The third kappa shape index (κ3) is 9.86. The second kappa shape index (κ2) is 14.3. The van der Waals surface area contributed by atoms with Crippen LogP contribution < -0.4 is 0 Å². The SMILES string of the molecule is C=C1OCC/C=C/CC/C=C/C(=N/OCC(=O)N(CC(C)C)CC(C)C)Cc2cc(O)ccc21. The fourth-order valence-electron chi connectivity index (χ4n) is 3.71. The summed E-state index contributed by atoms with van der Waals surface area (Å²) in [5, 5.41) is 14.4. The zero-order valence-electron chi connectivity index (χ0n) is 21.1. The van der Waals surface area contributed by atoms with Gasteiger partial charge in [0.2, 0.25) is 0 Å². The van der Waals surface area contributed by atoms with Gasteiger partial charge in [-0.05, 0) is 60.9 Å². The molecule has 1 aromatic carbocycles. The Kier molecular flexibility index (Phi) is 11.4. The first kappa shape index (κ1) is 27.2. The Morgan fingerprint density at radius 3 is 2.50 bits per heavy atom. The fourth-order valence-corrected chi connectivity index (χ4v) is 3.71. The first-order valence-corrected chi connectivity index (χ1v) is 12.2. The number of benzene rings is 1. The van der Waals surface area contributed by atoms with E-state index in [4.69, 9.17) is 9.57 Å². The van der Waals surface area contributed by atoms with Crippen LogP contribution in [-0.4, -0.2) is 47.9 Å². The van der Waals surface area contributed by atoms with Crippen LogP contribution in [0.25, 0.3) is 5.76 Å². The van der Waals surface area contributed by atoms with E-state index in [1.165, 1.54) is 0 Å². The number of rotatable bonds is 7. The van der Waals surface area contributed by atoms with E-state index in [2.05, 4.69) is 57.7 Å². The minimum absolute atomic E-state index is 0.0680. The van der Waals surface area contributed by atoms with E-state index in [1.807, 2.05) is 11.0 Å². The van der Waals surface area contributed by atoms with Gasteiger partial charge in [0.05, 0.1) is 12.3 Å². The average Bonchev–Trinajstić information content (AvgIpc) is 2.76. The van der Waals surface area contributed by atoms with Gasteiger partial charge in [0, 0.05) is 25.1 Å². The van der Waals surface area contributed by atoms with Gasteiger partial charge in [-0.25, -0.2) is 0 Å². The molecule has 0 aromatic heterocycles. The highest BCUT2D eigenvalue weighted by molar-refractivity contribution is 5.96. The number of oxime groups is 1. The lowest BCUT2D eigenvalue weighted by atomic mass is 10.00. The van der Waals surface area contributed by atoms with Crippen molar-refractivity contribution in [1.82, 2.24) is 4.90 Å². The molecule has 6 heteroatoms. The average molecular weight is 469 g/mol. The minimum Gasteiger partial charge on any atom is -0.508 e. The number of fused-ring (bicyclic) bond motifs is 1. The van der Waals surface area contributed by atoms with Crippen molar-refractivity contribution in [2.45, 2.75) is 53.4 Å². The van der Waals surface area contributed by atoms with E-state index < -0.39 is 0 Å². The summed E-state index contributed by atoms with van der Waals surface area (Å²) in [4.78, 5) is 20.1. The molecule has 1 amide bonds. The molecule has 0 radical (unpaired) electrons. The van der Waals surface area contributed by atoms with Crippen LogP contribution in [0, 0.1) is 11.8 Å². The second-order valence-corrected chi connectivity index (χ2v) is 9.47. The molecule has 1 aromatic rings. The van der Waals surface area contributed by atoms with Crippen molar-refractivity contribution >= 4 is 17.4 Å². The number of carbonyl (C=O) groups excluding carboxylic acids is 1. The van der Waals surface area contributed by atoms with Gasteiger partial charge in [-0.15, -0.1) is 0 Å². The highest BCUT2D eigenvalue weighted by Crippen LogP contribution is 2.25. The normalized spacial score (nSPS) is 18.2. The van der Waals surface area contributed by atoms with Crippen LogP contribution >= 0.6 is 0 Å². The van der Waals surface area contributed by atoms with Crippen LogP contribution in [0.1, 0.15) is 58.1 Å². The summed E-state index contributed by atoms with van der Waals surface area (Å²) in [6.07, 6.45) is 11.2. The lowest BCUT2D eigenvalue weighted by Gasteiger charge is -2.25. The molecule has 0 saturated carbocycles. The molecule has 2 rings (SSSR count). The zero-order valence-corrected chi connectivity index (χ0v) is 21.1. The predicted octanol–water partition coefficient (Wildman–Crippen LogP) is 5.73. The summed E-state index contributed by atoms with van der Waals surface area (Å²) in [6, 6.07) is 5.11. The number of aromatic hydroxyl groups is 1. The summed E-state index contributed by atoms with van der Waals surface area (Å²) in [5.41, 5.74) is 2.31. The molecule has 0 spiro atoms. The molecule has 1 aliphatic rings. The van der Waals surface area contributed by atoms with E-state index >= 15 is 0 Å². The maximum atomic E-state index is 12.8. The van der Waals surface area contributed by atoms with Crippen LogP contribution in [-0.2, 0) is 20.8 Å². The number of ether oxygens (including phenoxy) is 1. The van der Waals surface area contributed by atoms with Gasteiger partial charge in [-0.2, -0.15) is 0 Å². The lowest BCUT2D eigenvalue weighted by Crippen LogP contribution is -2.39. The summed E-state index contributed by atoms with van der Waals surface area (Å²) in [5.74, 6) is 1.41. The van der Waals surface area contributed by atoms with Gasteiger partial charge >= 0.3 is 0 Å². The number of carbonyl (C=O) groups is 1. The fraction of sp³-hybridized carbons (Fsp3) is 0.500. The van der Waals surface area contributed by atoms with Crippen LogP contribution in [0.3, 0.4) is 0 Å². The molecular weight excluding hydrogens is 428 g/mol. The lowest BCUT2D eigenvalue weighted by molar-refractivity contribution is -0.137. The molecular formula is C28H40N2O4. The number of allylic oxidation sites excluding steroid dienone is 3. The Labute approximate surface area is 204 Å². The highest BCUT2D eigenvalue weighted by atomic mass is 16.6. The zero-order chi connectivity index (χ0) is 24.9. The van der Waals surface area contributed by atoms with Gasteiger partial charge in [0.15, 0.2) is 6.61 Å². The van der Waals surface area contributed by atoms with Crippen LogP contribution in [0.5, 0.6) is 5.75 Å². The molecule has 0 aliphatic carbocycles. The Balaban J connectivity index is 2.21. The van der Waals surface area contributed by atoms with Crippen molar-refractivity contribution in [3.8, 4) is 5.75 Å². The van der Waals surface area contributed by atoms with E-state index in [0.29, 0.717) is 49.4 Å². The molecule has 0 bridgehead atoms. The molecule has 0 fully saturated rings. The highest BCUT2D eigenvalue weighted by Gasteiger charge is 2.17. The Bertz CT molecular complexity index is 890. The first-order valence-electron chi connectivity index (χ1n) is 12.2. The maximum absolute atomic E-state index is 12.8. The quantitative estimate of drug-likeness (QED) is 0.410. The number of hydrogen-bond acceptors (Lipinski definition) is 5. The largest absolute Gasteiger partial charge is 0.508 e. The van der Waals surface area contributed by atoms with E-state index in [9.17, 15) is 9.90 Å². The molecule has 0 saturated heterocycles. The molecule has 6 nitrogen and oxygen atoms in total. The summed E-state index contributed by atoms with van der Waals surface area (Å²) in [6.45, 7) is 14.3. The van der Waals surface area contributed by atoms with Crippen LogP contribution in [0.15, 0.2) is 54.2 Å². The smallest absolute Gasteiger partial charge is 0.263 e. The summed E-state index contributed by atoms with van der Waals surface area (Å²) >= 11 is 0. The van der Waals surface area contributed by atoms with Crippen molar-refractivity contribution in [3.63, 3.8) is 0 Å². The Morgan fingerprint density at radius 1 is 1.12 bits per heavy atom. The number of phenols is 1. The summed E-state index contributed by atoms with van der Waals surface area (Å²) < 4.78 is 5.82. The van der Waals surface area contributed by atoms with Gasteiger partial charge in [0.25, 0.3) is 5.91 Å². The molecule has 186 valence electrons. The molecule has 1 heterocycles. The van der Waals surface area contributed by atoms with Crippen molar-refractivity contribution in [2.75, 3.05) is 26.3 Å². The van der Waals surface area contributed by atoms with Crippen molar-refractivity contribution in [1.29, 1.82) is 0 Å². The van der Waals surface area contributed by atoms with Crippen molar-refractivity contribution in [3.05, 3.63) is 60.2 Å². The van der Waals surface area contributed by atoms with E-state index in [-0.39, 0.29) is 18.3 Å². The maximum Gasteiger partial charge on any atom is 0.263 e. The monoisotopic (exact) mass is 468 g/mol. The molecule has 1 aliphatic heterocycles. The molecule has 0 atom stereocenters. The standard InChI is InChI=1S/C28H40N2O4/c1-21(2)18-30(19-22(3)4)28(32)20-34-29-25-12-10-8-6-7-9-11-15-33-23(5)27-14-13-26(31)17-24(27)16-25/h7,9-10,12-14,17,21-22,31H,5-6,8,11,15-16,18-20H2,1-4H3/b9-7+,12-10+,29-25-. The van der Waals surface area contributed by atoms with Gasteiger partial charge in [0.1, 0.15) is 11.5 Å². The Hall–Kier alpha value is -3.02. The first-order chi connectivity index (χ1) is 16.3. The third-order valence-electron chi connectivity index (χ3n) is 5.19. The van der Waals surface area contributed by atoms with E-state index in [0.717, 1.165) is 30.4 Å². The third-order valence-corrected chi connectivity index (χ3v) is 5.19. The van der Waals surface area contributed by atoms with Gasteiger partial charge in [-0.1, -0.05) is 57.7 Å². The molecule has 34 heavy (non-hydrogen) atoms. The molecule has 0 unspecified atom stereocenters. The minimum atomic E-state index is -0.109. The molecule has 1 N–H and O–H groups in total. The second-order valence-electron chi connectivity index (χ2n) is 9.47. The number of amides is 1. The summed E-state index contributed by atoms with van der Waals surface area (Å²) in [7, 11) is 0. The number of hydrogen-bond donors (Lipinski definition) is 1. The van der Waals surface area contributed by atoms with Crippen LogP contribution in [0.4, 0.5) is 0 Å². The van der Waals surface area contributed by atoms with Crippen molar-refractivity contribution < 1.29 is 19.5 Å². The topological polar surface area (TPSA) is 71.4 Å². The van der Waals surface area contributed by atoms with Gasteiger partial charge < -0.3 is 19.6 Å². The van der Waals surface area contributed by atoms with Crippen LogP contribution in [0.2, 0.25) is 0 Å².